The van der Waals surface area contributed by atoms with Crippen LogP contribution in [0.3, 0.4) is 0 Å². The highest BCUT2D eigenvalue weighted by molar-refractivity contribution is 9.10. The summed E-state index contributed by atoms with van der Waals surface area (Å²) < 4.78 is 1.15. The van der Waals surface area contributed by atoms with E-state index in [4.69, 9.17) is 0 Å². The first kappa shape index (κ1) is 16.0. The maximum absolute atomic E-state index is 3.61. The third kappa shape index (κ3) is 4.85. The fourth-order valence-corrected chi connectivity index (χ4v) is 2.98. The van der Waals surface area contributed by atoms with Gasteiger partial charge in [-0.05, 0) is 37.7 Å². The summed E-state index contributed by atoms with van der Waals surface area (Å²) in [5.74, 6) is 0. The van der Waals surface area contributed by atoms with E-state index >= 15 is 0 Å². The molecule has 0 bridgehead atoms. The van der Waals surface area contributed by atoms with E-state index in [1.54, 1.807) is 0 Å². The van der Waals surface area contributed by atoms with E-state index in [0.29, 0.717) is 6.04 Å². The van der Waals surface area contributed by atoms with Gasteiger partial charge in [-0.2, -0.15) is 0 Å². The molecule has 1 aromatic carbocycles. The van der Waals surface area contributed by atoms with E-state index in [0.717, 1.165) is 11.0 Å². The summed E-state index contributed by atoms with van der Waals surface area (Å²) in [7, 11) is 2.21. The topological polar surface area (TPSA) is 18.5 Å². The number of benzene rings is 1. The molecule has 3 nitrogen and oxygen atoms in total. The van der Waals surface area contributed by atoms with Crippen molar-refractivity contribution < 1.29 is 0 Å². The summed E-state index contributed by atoms with van der Waals surface area (Å²) >= 11 is 3.51. The van der Waals surface area contributed by atoms with Crippen LogP contribution in [0.25, 0.3) is 0 Å². The quantitative estimate of drug-likeness (QED) is 0.859. The Kier molecular flexibility index (Phi) is 6.49. The molecule has 112 valence electrons. The number of piperazine rings is 1. The van der Waals surface area contributed by atoms with E-state index in [-0.39, 0.29) is 0 Å². The highest BCUT2D eigenvalue weighted by Gasteiger charge is 2.16. The normalized spacial score (nSPS) is 19.1. The van der Waals surface area contributed by atoms with Crippen LogP contribution in [0.4, 0.5) is 0 Å². The summed E-state index contributed by atoms with van der Waals surface area (Å²) in [5, 5.41) is 3.61. The van der Waals surface area contributed by atoms with Crippen molar-refractivity contribution in [2.45, 2.75) is 19.4 Å². The lowest BCUT2D eigenvalue weighted by atomic mass is 10.0. The summed E-state index contributed by atoms with van der Waals surface area (Å²) in [6.45, 7) is 9.19. The van der Waals surface area contributed by atoms with E-state index in [1.165, 1.54) is 44.7 Å². The Morgan fingerprint density at radius 2 is 1.80 bits per heavy atom. The Bertz CT molecular complexity index is 385. The van der Waals surface area contributed by atoms with Gasteiger partial charge < -0.3 is 15.1 Å². The van der Waals surface area contributed by atoms with Crippen molar-refractivity contribution in [2.24, 2.45) is 0 Å². The molecular formula is C16H26BrN3. The second-order valence-corrected chi connectivity index (χ2v) is 6.51. The number of likely N-dealkylation sites (N-methyl/N-ethyl adjacent to an activating group) is 1. The van der Waals surface area contributed by atoms with Gasteiger partial charge in [0.05, 0.1) is 0 Å². The molecule has 1 aliphatic rings. The number of nitrogens with one attached hydrogen (secondary N) is 1. The first-order valence-corrected chi connectivity index (χ1v) is 8.38. The summed E-state index contributed by atoms with van der Waals surface area (Å²) in [5.41, 5.74) is 1.39. The van der Waals surface area contributed by atoms with Crippen molar-refractivity contribution in [1.82, 2.24) is 15.1 Å². The molecule has 20 heavy (non-hydrogen) atoms. The summed E-state index contributed by atoms with van der Waals surface area (Å²) in [4.78, 5) is 5.00. The molecule has 0 spiro atoms. The fourth-order valence-electron chi connectivity index (χ4n) is 2.71. The molecule has 1 heterocycles. The molecule has 1 atom stereocenters. The first-order chi connectivity index (χ1) is 9.69. The predicted molar refractivity (Wildman–Crippen MR) is 89.1 cm³/mol. The Labute approximate surface area is 131 Å². The Balaban J connectivity index is 1.87. The first-order valence-electron chi connectivity index (χ1n) is 7.58. The molecular weight excluding hydrogens is 314 g/mol. The molecule has 2 rings (SSSR count). The molecule has 0 amide bonds. The van der Waals surface area contributed by atoms with Gasteiger partial charge in [-0.15, -0.1) is 0 Å². The molecule has 0 aromatic heterocycles. The van der Waals surface area contributed by atoms with Crippen LogP contribution >= 0.6 is 15.9 Å². The van der Waals surface area contributed by atoms with Crippen LogP contribution in [0, 0.1) is 0 Å². The second-order valence-electron chi connectivity index (χ2n) is 5.60. The Hall–Kier alpha value is -0.420. The molecule has 1 fully saturated rings. The monoisotopic (exact) mass is 339 g/mol. The van der Waals surface area contributed by atoms with Crippen molar-refractivity contribution >= 4 is 15.9 Å². The van der Waals surface area contributed by atoms with Gasteiger partial charge in [0.2, 0.25) is 0 Å². The Morgan fingerprint density at radius 3 is 2.40 bits per heavy atom. The second kappa shape index (κ2) is 8.13. The SMILES string of the molecule is CCNC(CCN1CCN(C)CC1)c1ccc(Br)cc1. The number of hydrogen-bond donors (Lipinski definition) is 1. The molecule has 1 saturated heterocycles. The maximum Gasteiger partial charge on any atom is 0.0332 e. The van der Waals surface area contributed by atoms with Crippen LogP contribution in [0.5, 0.6) is 0 Å². The zero-order chi connectivity index (χ0) is 14.4. The van der Waals surface area contributed by atoms with Gasteiger partial charge in [0.1, 0.15) is 0 Å². The molecule has 1 aliphatic heterocycles. The lowest BCUT2D eigenvalue weighted by Crippen LogP contribution is -2.45. The average molecular weight is 340 g/mol. The largest absolute Gasteiger partial charge is 0.310 e. The predicted octanol–water partition coefficient (Wildman–Crippen LogP) is 2.74. The minimum Gasteiger partial charge on any atom is -0.310 e. The van der Waals surface area contributed by atoms with E-state index < -0.39 is 0 Å². The molecule has 1 N–H and O–H groups in total. The van der Waals surface area contributed by atoms with Crippen LogP contribution in [-0.4, -0.2) is 56.1 Å². The van der Waals surface area contributed by atoms with Crippen molar-refractivity contribution in [2.75, 3.05) is 46.3 Å². The minimum atomic E-state index is 0.466. The zero-order valence-electron chi connectivity index (χ0n) is 12.6. The van der Waals surface area contributed by atoms with Gasteiger partial charge in [-0.3, -0.25) is 0 Å². The van der Waals surface area contributed by atoms with Crippen LogP contribution in [0.1, 0.15) is 24.9 Å². The lowest BCUT2D eigenvalue weighted by Gasteiger charge is -2.33. The van der Waals surface area contributed by atoms with Crippen LogP contribution < -0.4 is 5.32 Å². The van der Waals surface area contributed by atoms with E-state index in [2.05, 4.69) is 69.3 Å². The zero-order valence-corrected chi connectivity index (χ0v) is 14.2. The fraction of sp³-hybridized carbons (Fsp3) is 0.625. The summed E-state index contributed by atoms with van der Waals surface area (Å²) in [6, 6.07) is 9.18. The molecule has 1 aromatic rings. The number of rotatable bonds is 6. The van der Waals surface area contributed by atoms with Gasteiger partial charge in [0, 0.05) is 43.2 Å². The van der Waals surface area contributed by atoms with Gasteiger partial charge in [0.15, 0.2) is 0 Å². The van der Waals surface area contributed by atoms with Crippen molar-refractivity contribution in [3.05, 3.63) is 34.3 Å². The van der Waals surface area contributed by atoms with Gasteiger partial charge >= 0.3 is 0 Å². The van der Waals surface area contributed by atoms with Crippen molar-refractivity contribution in [3.8, 4) is 0 Å². The molecule has 4 heteroatoms. The lowest BCUT2D eigenvalue weighted by molar-refractivity contribution is 0.149. The highest BCUT2D eigenvalue weighted by Crippen LogP contribution is 2.20. The number of halogens is 1. The van der Waals surface area contributed by atoms with Gasteiger partial charge in [-0.1, -0.05) is 35.0 Å². The average Bonchev–Trinajstić information content (AvgIpc) is 2.46. The number of hydrogen-bond acceptors (Lipinski definition) is 3. The van der Waals surface area contributed by atoms with Gasteiger partial charge in [-0.25, -0.2) is 0 Å². The number of nitrogens with zero attached hydrogens (tertiary/aromatic N) is 2. The van der Waals surface area contributed by atoms with Gasteiger partial charge in [0.25, 0.3) is 0 Å². The molecule has 1 unspecified atom stereocenters. The molecule has 0 radical (unpaired) electrons. The van der Waals surface area contributed by atoms with Crippen LogP contribution in [-0.2, 0) is 0 Å². The standard InChI is InChI=1S/C16H26BrN3/c1-3-18-16(14-4-6-15(17)7-5-14)8-9-20-12-10-19(2)11-13-20/h4-7,16,18H,3,8-13H2,1-2H3. The van der Waals surface area contributed by atoms with Crippen LogP contribution in [0.15, 0.2) is 28.7 Å². The minimum absolute atomic E-state index is 0.466. The van der Waals surface area contributed by atoms with Crippen molar-refractivity contribution in [3.63, 3.8) is 0 Å². The molecule has 0 saturated carbocycles. The van der Waals surface area contributed by atoms with E-state index in [9.17, 15) is 0 Å². The highest BCUT2D eigenvalue weighted by atomic mass is 79.9. The smallest absolute Gasteiger partial charge is 0.0332 e. The van der Waals surface area contributed by atoms with Crippen LogP contribution in [0.2, 0.25) is 0 Å². The third-order valence-corrected chi connectivity index (χ3v) is 4.58. The third-order valence-electron chi connectivity index (χ3n) is 4.05. The molecule has 0 aliphatic carbocycles. The Morgan fingerprint density at radius 1 is 1.15 bits per heavy atom. The van der Waals surface area contributed by atoms with E-state index in [1.807, 2.05) is 0 Å². The summed E-state index contributed by atoms with van der Waals surface area (Å²) in [6.07, 6.45) is 1.18. The maximum atomic E-state index is 3.61. The van der Waals surface area contributed by atoms with Crippen molar-refractivity contribution in [1.29, 1.82) is 0 Å².